The van der Waals surface area contributed by atoms with E-state index in [1.807, 2.05) is 54.6 Å². The summed E-state index contributed by atoms with van der Waals surface area (Å²) in [7, 11) is 0. The van der Waals surface area contributed by atoms with Crippen LogP contribution in [0.4, 0.5) is 0 Å². The first-order valence-corrected chi connectivity index (χ1v) is 9.55. The van der Waals surface area contributed by atoms with Gasteiger partial charge in [-0.2, -0.15) is 0 Å². The Morgan fingerprint density at radius 2 is 1.71 bits per heavy atom. The summed E-state index contributed by atoms with van der Waals surface area (Å²) >= 11 is 3.38. The molecule has 1 heterocycles. The molecule has 0 bridgehead atoms. The van der Waals surface area contributed by atoms with Gasteiger partial charge in [-0.1, -0.05) is 58.4 Å². The molecule has 0 fully saturated rings. The molecule has 2 amide bonds. The number of rotatable bonds is 7. The fraction of sp³-hybridized carbons (Fsp3) is 0.0909. The molecule has 0 aliphatic heterocycles. The Bertz CT molecular complexity index is 949. The van der Waals surface area contributed by atoms with Crippen molar-refractivity contribution in [3.8, 4) is 0 Å². The summed E-state index contributed by atoms with van der Waals surface area (Å²) in [4.78, 5) is 25.0. The fourth-order valence-electron chi connectivity index (χ4n) is 2.54. The molecule has 2 N–H and O–H groups in total. The van der Waals surface area contributed by atoms with Crippen molar-refractivity contribution in [2.75, 3.05) is 6.54 Å². The maximum atomic E-state index is 12.7. The Hall–Kier alpha value is -3.12. The van der Waals surface area contributed by atoms with Gasteiger partial charge in [-0.05, 0) is 47.9 Å². The first-order chi connectivity index (χ1) is 13.6. The van der Waals surface area contributed by atoms with Gasteiger partial charge in [0.25, 0.3) is 11.8 Å². The molecule has 0 aliphatic carbocycles. The summed E-state index contributed by atoms with van der Waals surface area (Å²) in [5.41, 5.74) is 2.06. The monoisotopic (exact) mass is 438 g/mol. The second-order valence-electron chi connectivity index (χ2n) is 6.03. The molecule has 6 heteroatoms. The Kier molecular flexibility index (Phi) is 6.81. The number of furan rings is 1. The van der Waals surface area contributed by atoms with Crippen molar-refractivity contribution in [3.05, 3.63) is 100 Å². The van der Waals surface area contributed by atoms with Crippen LogP contribution >= 0.6 is 15.9 Å². The highest BCUT2D eigenvalue weighted by atomic mass is 79.9. The third-order valence-electron chi connectivity index (χ3n) is 3.96. The summed E-state index contributed by atoms with van der Waals surface area (Å²) in [6.07, 6.45) is 3.74. The Morgan fingerprint density at radius 3 is 2.39 bits per heavy atom. The van der Waals surface area contributed by atoms with Crippen molar-refractivity contribution < 1.29 is 14.0 Å². The van der Waals surface area contributed by atoms with E-state index in [1.54, 1.807) is 18.2 Å². The van der Waals surface area contributed by atoms with Crippen molar-refractivity contribution in [2.24, 2.45) is 0 Å². The largest absolute Gasteiger partial charge is 0.459 e. The van der Waals surface area contributed by atoms with Gasteiger partial charge in [-0.15, -0.1) is 0 Å². The first kappa shape index (κ1) is 19.6. The van der Waals surface area contributed by atoms with Crippen LogP contribution in [-0.4, -0.2) is 18.4 Å². The normalized spacial score (nSPS) is 11.1. The molecule has 0 spiro atoms. The Labute approximate surface area is 171 Å². The number of halogens is 1. The minimum absolute atomic E-state index is 0.138. The average molecular weight is 439 g/mol. The number of nitrogens with one attached hydrogen (secondary N) is 2. The summed E-state index contributed by atoms with van der Waals surface area (Å²) in [5.74, 6) is -0.705. The van der Waals surface area contributed by atoms with Crippen LogP contribution < -0.4 is 10.6 Å². The molecule has 0 unspecified atom stereocenters. The molecule has 3 aromatic rings. The SMILES string of the molecule is O=C(NCCc1ccccc1)/C(=C\c1ccc(Br)cc1)NC(=O)c1ccco1. The maximum absolute atomic E-state index is 12.7. The van der Waals surface area contributed by atoms with Gasteiger partial charge in [0.2, 0.25) is 0 Å². The van der Waals surface area contributed by atoms with E-state index < -0.39 is 5.91 Å². The predicted octanol–water partition coefficient (Wildman–Crippen LogP) is 4.17. The molecule has 1 aromatic heterocycles. The molecule has 0 saturated carbocycles. The number of benzene rings is 2. The third kappa shape index (κ3) is 5.69. The van der Waals surface area contributed by atoms with Gasteiger partial charge in [0.1, 0.15) is 5.70 Å². The van der Waals surface area contributed by atoms with Gasteiger partial charge < -0.3 is 15.1 Å². The molecular weight excluding hydrogens is 420 g/mol. The van der Waals surface area contributed by atoms with Crippen molar-refractivity contribution in [1.82, 2.24) is 10.6 Å². The van der Waals surface area contributed by atoms with Crippen LogP contribution in [-0.2, 0) is 11.2 Å². The zero-order valence-electron chi connectivity index (χ0n) is 15.0. The molecule has 28 heavy (non-hydrogen) atoms. The van der Waals surface area contributed by atoms with Crippen LogP contribution in [0.1, 0.15) is 21.7 Å². The molecule has 5 nitrogen and oxygen atoms in total. The lowest BCUT2D eigenvalue weighted by Crippen LogP contribution is -2.35. The van der Waals surface area contributed by atoms with E-state index in [9.17, 15) is 9.59 Å². The van der Waals surface area contributed by atoms with Crippen molar-refractivity contribution in [2.45, 2.75) is 6.42 Å². The predicted molar refractivity (Wildman–Crippen MR) is 111 cm³/mol. The smallest absolute Gasteiger partial charge is 0.291 e. The van der Waals surface area contributed by atoms with E-state index in [1.165, 1.54) is 6.26 Å². The van der Waals surface area contributed by atoms with E-state index in [4.69, 9.17) is 4.42 Å². The number of carbonyl (C=O) groups is 2. The number of hydrogen-bond donors (Lipinski definition) is 2. The fourth-order valence-corrected chi connectivity index (χ4v) is 2.80. The van der Waals surface area contributed by atoms with Crippen molar-refractivity contribution in [3.63, 3.8) is 0 Å². The quantitative estimate of drug-likeness (QED) is 0.543. The van der Waals surface area contributed by atoms with E-state index in [0.717, 1.165) is 15.6 Å². The lowest BCUT2D eigenvalue weighted by atomic mass is 10.1. The van der Waals surface area contributed by atoms with E-state index in [0.29, 0.717) is 13.0 Å². The molecule has 142 valence electrons. The van der Waals surface area contributed by atoms with Gasteiger partial charge >= 0.3 is 0 Å². The highest BCUT2D eigenvalue weighted by molar-refractivity contribution is 9.10. The highest BCUT2D eigenvalue weighted by Crippen LogP contribution is 2.13. The number of hydrogen-bond acceptors (Lipinski definition) is 3. The minimum atomic E-state index is -0.480. The Morgan fingerprint density at radius 1 is 0.964 bits per heavy atom. The second-order valence-corrected chi connectivity index (χ2v) is 6.95. The minimum Gasteiger partial charge on any atom is -0.459 e. The summed E-state index contributed by atoms with van der Waals surface area (Å²) in [5, 5.41) is 5.49. The van der Waals surface area contributed by atoms with E-state index >= 15 is 0 Å². The zero-order valence-corrected chi connectivity index (χ0v) is 16.6. The second kappa shape index (κ2) is 9.71. The van der Waals surface area contributed by atoms with Crippen LogP contribution in [0.2, 0.25) is 0 Å². The summed E-state index contributed by atoms with van der Waals surface area (Å²) < 4.78 is 6.03. The summed E-state index contributed by atoms with van der Waals surface area (Å²) in [6, 6.07) is 20.5. The van der Waals surface area contributed by atoms with Gasteiger partial charge in [-0.3, -0.25) is 9.59 Å². The molecule has 0 radical (unpaired) electrons. The van der Waals surface area contributed by atoms with Gasteiger partial charge in [-0.25, -0.2) is 0 Å². The average Bonchev–Trinajstić information content (AvgIpc) is 3.25. The van der Waals surface area contributed by atoms with Crippen molar-refractivity contribution in [1.29, 1.82) is 0 Å². The molecule has 0 atom stereocenters. The molecule has 3 rings (SSSR count). The standard InChI is InChI=1S/C22H19BrN2O3/c23-18-10-8-17(9-11-18)15-19(25-22(27)20-7-4-14-28-20)21(26)24-13-12-16-5-2-1-3-6-16/h1-11,14-15H,12-13H2,(H,24,26)(H,25,27)/b19-15+. The molecule has 0 aliphatic rings. The van der Waals surface area contributed by atoms with E-state index in [-0.39, 0.29) is 17.4 Å². The highest BCUT2D eigenvalue weighted by Gasteiger charge is 2.16. The number of amides is 2. The topological polar surface area (TPSA) is 71.3 Å². The van der Waals surface area contributed by atoms with Gasteiger partial charge in [0.05, 0.1) is 6.26 Å². The van der Waals surface area contributed by atoms with Gasteiger partial charge in [0, 0.05) is 11.0 Å². The van der Waals surface area contributed by atoms with Crippen LogP contribution in [0, 0.1) is 0 Å². The van der Waals surface area contributed by atoms with Crippen LogP contribution in [0.15, 0.2) is 87.6 Å². The first-order valence-electron chi connectivity index (χ1n) is 8.76. The molecule has 2 aromatic carbocycles. The lowest BCUT2D eigenvalue weighted by Gasteiger charge is -2.10. The zero-order chi connectivity index (χ0) is 19.8. The maximum Gasteiger partial charge on any atom is 0.291 e. The van der Waals surface area contributed by atoms with Crippen LogP contribution in [0.5, 0.6) is 0 Å². The Balaban J connectivity index is 1.71. The van der Waals surface area contributed by atoms with Gasteiger partial charge in [0.15, 0.2) is 5.76 Å². The summed E-state index contributed by atoms with van der Waals surface area (Å²) in [6.45, 7) is 0.456. The third-order valence-corrected chi connectivity index (χ3v) is 4.49. The van der Waals surface area contributed by atoms with Crippen LogP contribution in [0.3, 0.4) is 0 Å². The molecular formula is C22H19BrN2O3. The number of carbonyl (C=O) groups excluding carboxylic acids is 2. The van der Waals surface area contributed by atoms with E-state index in [2.05, 4.69) is 26.6 Å². The van der Waals surface area contributed by atoms with Crippen LogP contribution in [0.25, 0.3) is 6.08 Å². The molecule has 0 saturated heterocycles. The lowest BCUT2D eigenvalue weighted by molar-refractivity contribution is -0.117. The van der Waals surface area contributed by atoms with Crippen molar-refractivity contribution >= 4 is 33.8 Å².